The Bertz CT molecular complexity index is 381. The van der Waals surface area contributed by atoms with Crippen LogP contribution in [0.1, 0.15) is 25.2 Å². The molecular weight excluding hydrogens is 216 g/mol. The van der Waals surface area contributed by atoms with Gasteiger partial charge in [0.05, 0.1) is 12.6 Å². The number of anilines is 2. The van der Waals surface area contributed by atoms with Crippen LogP contribution in [-0.2, 0) is 0 Å². The first-order valence-corrected chi connectivity index (χ1v) is 5.94. The molecule has 1 heterocycles. The number of aryl methyl sites for hydroxylation is 1. The molecule has 5 heteroatoms. The van der Waals surface area contributed by atoms with Crippen LogP contribution in [0.15, 0.2) is 0 Å². The molecule has 0 fully saturated rings. The predicted octanol–water partition coefficient (Wildman–Crippen LogP) is 1.34. The van der Waals surface area contributed by atoms with E-state index >= 15 is 0 Å². The number of likely N-dealkylation sites (N-methyl/N-ethyl adjacent to an activating group) is 1. The van der Waals surface area contributed by atoms with E-state index < -0.39 is 0 Å². The number of aliphatic hydroxyl groups excluding tert-OH is 1. The fraction of sp³-hybridized carbons (Fsp3) is 0.667. The lowest BCUT2D eigenvalue weighted by Gasteiger charge is -2.26. The minimum Gasteiger partial charge on any atom is -0.394 e. The van der Waals surface area contributed by atoms with Gasteiger partial charge in [-0.25, -0.2) is 9.97 Å². The van der Waals surface area contributed by atoms with Crippen LogP contribution in [-0.4, -0.2) is 41.3 Å². The van der Waals surface area contributed by atoms with Crippen molar-refractivity contribution in [2.24, 2.45) is 0 Å². The van der Waals surface area contributed by atoms with Crippen LogP contribution in [0.25, 0.3) is 0 Å². The Morgan fingerprint density at radius 1 is 1.35 bits per heavy atom. The average molecular weight is 238 g/mol. The minimum absolute atomic E-state index is 0.0393. The van der Waals surface area contributed by atoms with Crippen LogP contribution < -0.4 is 10.2 Å². The molecule has 96 valence electrons. The van der Waals surface area contributed by atoms with Crippen molar-refractivity contribution in [1.29, 1.82) is 0 Å². The maximum absolute atomic E-state index is 9.20. The smallest absolute Gasteiger partial charge is 0.137 e. The third-order valence-electron chi connectivity index (χ3n) is 2.84. The molecule has 1 rings (SSSR count). The zero-order valence-electron chi connectivity index (χ0n) is 11.3. The Morgan fingerprint density at radius 2 is 2.00 bits per heavy atom. The Kier molecular flexibility index (Phi) is 4.69. The average Bonchev–Trinajstić information content (AvgIpc) is 2.31. The van der Waals surface area contributed by atoms with Crippen LogP contribution in [0.3, 0.4) is 0 Å². The van der Waals surface area contributed by atoms with E-state index in [1.165, 1.54) is 0 Å². The summed E-state index contributed by atoms with van der Waals surface area (Å²) in [6.45, 7) is 8.81. The fourth-order valence-corrected chi connectivity index (χ4v) is 1.63. The van der Waals surface area contributed by atoms with Crippen molar-refractivity contribution >= 4 is 11.6 Å². The number of aliphatic hydroxyl groups is 1. The van der Waals surface area contributed by atoms with Gasteiger partial charge in [-0.2, -0.15) is 0 Å². The number of nitrogens with zero attached hydrogens (tertiary/aromatic N) is 3. The van der Waals surface area contributed by atoms with Crippen molar-refractivity contribution in [2.75, 3.05) is 30.4 Å². The Hall–Kier alpha value is -1.36. The maximum Gasteiger partial charge on any atom is 0.137 e. The molecule has 1 unspecified atom stereocenters. The molecule has 1 atom stereocenters. The summed E-state index contributed by atoms with van der Waals surface area (Å²) < 4.78 is 0. The molecule has 0 bridgehead atoms. The first-order chi connectivity index (χ1) is 8.01. The van der Waals surface area contributed by atoms with Gasteiger partial charge in [-0.05, 0) is 27.7 Å². The van der Waals surface area contributed by atoms with E-state index in [0.717, 1.165) is 29.6 Å². The molecule has 0 spiro atoms. The van der Waals surface area contributed by atoms with E-state index in [0.29, 0.717) is 0 Å². The van der Waals surface area contributed by atoms with Gasteiger partial charge in [0.2, 0.25) is 0 Å². The second kappa shape index (κ2) is 5.82. The lowest BCUT2D eigenvalue weighted by Crippen LogP contribution is -2.33. The molecule has 0 aromatic carbocycles. The lowest BCUT2D eigenvalue weighted by molar-refractivity contribution is 0.269. The molecule has 0 aliphatic rings. The standard InChI is InChI=1S/C12H22N4O/c1-6-13-11-9(3)12(15-10(4)14-11)16(5)8(2)7-17/h8,17H,6-7H2,1-5H3,(H,13,14,15). The van der Waals surface area contributed by atoms with E-state index in [-0.39, 0.29) is 12.6 Å². The minimum atomic E-state index is 0.0393. The molecule has 1 aromatic rings. The van der Waals surface area contributed by atoms with Crippen LogP contribution in [0.4, 0.5) is 11.6 Å². The van der Waals surface area contributed by atoms with E-state index in [4.69, 9.17) is 0 Å². The van der Waals surface area contributed by atoms with Crippen LogP contribution in [0.5, 0.6) is 0 Å². The zero-order chi connectivity index (χ0) is 13.0. The monoisotopic (exact) mass is 238 g/mol. The van der Waals surface area contributed by atoms with Crippen molar-refractivity contribution < 1.29 is 5.11 Å². The topological polar surface area (TPSA) is 61.3 Å². The van der Waals surface area contributed by atoms with Gasteiger partial charge in [0.1, 0.15) is 17.5 Å². The fourth-order valence-electron chi connectivity index (χ4n) is 1.63. The van der Waals surface area contributed by atoms with E-state index in [2.05, 4.69) is 15.3 Å². The molecule has 0 saturated carbocycles. The molecule has 0 amide bonds. The van der Waals surface area contributed by atoms with Gasteiger partial charge in [0, 0.05) is 19.2 Å². The quantitative estimate of drug-likeness (QED) is 0.810. The van der Waals surface area contributed by atoms with Gasteiger partial charge in [0.15, 0.2) is 0 Å². The molecular formula is C12H22N4O. The van der Waals surface area contributed by atoms with Crippen LogP contribution in [0, 0.1) is 13.8 Å². The van der Waals surface area contributed by atoms with Crippen molar-refractivity contribution in [1.82, 2.24) is 9.97 Å². The Labute approximate surface area is 103 Å². The summed E-state index contributed by atoms with van der Waals surface area (Å²) >= 11 is 0. The van der Waals surface area contributed by atoms with Crippen molar-refractivity contribution in [2.45, 2.75) is 33.7 Å². The highest BCUT2D eigenvalue weighted by molar-refractivity contribution is 5.58. The molecule has 0 radical (unpaired) electrons. The van der Waals surface area contributed by atoms with Crippen molar-refractivity contribution in [3.05, 3.63) is 11.4 Å². The summed E-state index contributed by atoms with van der Waals surface area (Å²) in [5.41, 5.74) is 1.01. The van der Waals surface area contributed by atoms with E-state index in [1.807, 2.05) is 39.6 Å². The molecule has 0 aliphatic heterocycles. The largest absolute Gasteiger partial charge is 0.394 e. The molecule has 1 aromatic heterocycles. The lowest BCUT2D eigenvalue weighted by atomic mass is 10.2. The van der Waals surface area contributed by atoms with Gasteiger partial charge in [-0.3, -0.25) is 0 Å². The number of hydrogen-bond acceptors (Lipinski definition) is 5. The first kappa shape index (κ1) is 13.7. The summed E-state index contributed by atoms with van der Waals surface area (Å²) in [5.74, 6) is 2.47. The maximum atomic E-state index is 9.20. The summed E-state index contributed by atoms with van der Waals surface area (Å²) in [4.78, 5) is 10.8. The van der Waals surface area contributed by atoms with Crippen molar-refractivity contribution in [3.8, 4) is 0 Å². The highest BCUT2D eigenvalue weighted by Crippen LogP contribution is 2.23. The number of aromatic nitrogens is 2. The molecule has 17 heavy (non-hydrogen) atoms. The van der Waals surface area contributed by atoms with Gasteiger partial charge in [-0.1, -0.05) is 0 Å². The van der Waals surface area contributed by atoms with Gasteiger partial charge in [-0.15, -0.1) is 0 Å². The summed E-state index contributed by atoms with van der Waals surface area (Å²) in [7, 11) is 1.94. The number of nitrogens with one attached hydrogen (secondary N) is 1. The molecule has 2 N–H and O–H groups in total. The SMILES string of the molecule is CCNc1nc(C)nc(N(C)C(C)CO)c1C. The first-order valence-electron chi connectivity index (χ1n) is 5.94. The zero-order valence-corrected chi connectivity index (χ0v) is 11.3. The predicted molar refractivity (Wildman–Crippen MR) is 70.6 cm³/mol. The molecule has 0 aliphatic carbocycles. The van der Waals surface area contributed by atoms with Crippen LogP contribution in [0.2, 0.25) is 0 Å². The van der Waals surface area contributed by atoms with Gasteiger partial charge in [0.25, 0.3) is 0 Å². The van der Waals surface area contributed by atoms with Gasteiger partial charge >= 0.3 is 0 Å². The number of rotatable bonds is 5. The van der Waals surface area contributed by atoms with Crippen LogP contribution >= 0.6 is 0 Å². The van der Waals surface area contributed by atoms with E-state index in [9.17, 15) is 5.11 Å². The van der Waals surface area contributed by atoms with Gasteiger partial charge < -0.3 is 15.3 Å². The second-order valence-electron chi connectivity index (χ2n) is 4.24. The van der Waals surface area contributed by atoms with E-state index in [1.54, 1.807) is 0 Å². The third-order valence-corrected chi connectivity index (χ3v) is 2.84. The summed E-state index contributed by atoms with van der Waals surface area (Å²) in [6, 6.07) is 0.0393. The highest BCUT2D eigenvalue weighted by atomic mass is 16.3. The summed E-state index contributed by atoms with van der Waals surface area (Å²) in [6.07, 6.45) is 0. The summed E-state index contributed by atoms with van der Waals surface area (Å²) in [5, 5.41) is 12.4. The molecule has 0 saturated heterocycles. The number of hydrogen-bond donors (Lipinski definition) is 2. The Morgan fingerprint density at radius 3 is 2.53 bits per heavy atom. The van der Waals surface area contributed by atoms with Crippen molar-refractivity contribution in [3.63, 3.8) is 0 Å². The third kappa shape index (κ3) is 3.06. The normalized spacial score (nSPS) is 12.4. The Balaban J connectivity index is 3.14. The molecule has 5 nitrogen and oxygen atoms in total. The highest BCUT2D eigenvalue weighted by Gasteiger charge is 2.16. The second-order valence-corrected chi connectivity index (χ2v) is 4.24.